The van der Waals surface area contributed by atoms with Gasteiger partial charge >= 0.3 is 0 Å². The van der Waals surface area contributed by atoms with Crippen LogP contribution in [0.2, 0.25) is 0 Å². The summed E-state index contributed by atoms with van der Waals surface area (Å²) in [6.07, 6.45) is 0. The van der Waals surface area contributed by atoms with E-state index in [1.807, 2.05) is 79.7 Å². The van der Waals surface area contributed by atoms with Crippen LogP contribution in [0.25, 0.3) is 20.8 Å². The van der Waals surface area contributed by atoms with Gasteiger partial charge in [0.25, 0.3) is 0 Å². The summed E-state index contributed by atoms with van der Waals surface area (Å²) < 4.78 is 1.11. The number of anilines is 2. The molecule has 0 fully saturated rings. The van der Waals surface area contributed by atoms with Crippen LogP contribution in [0.3, 0.4) is 0 Å². The molecule has 3 aromatic carbocycles. The molecule has 2 N–H and O–H groups in total. The van der Waals surface area contributed by atoms with Crippen molar-refractivity contribution in [1.82, 2.24) is 4.98 Å². The van der Waals surface area contributed by atoms with Crippen molar-refractivity contribution in [2.24, 2.45) is 0 Å². The number of amides is 2. The molecule has 4 aromatic rings. The van der Waals surface area contributed by atoms with Gasteiger partial charge in [-0.15, -0.1) is 23.1 Å². The Labute approximate surface area is 188 Å². The first-order valence-corrected chi connectivity index (χ1v) is 11.7. The summed E-state index contributed by atoms with van der Waals surface area (Å²) in [5.74, 6) is 0.120. The largest absolute Gasteiger partial charge is 0.325 e. The fourth-order valence-corrected chi connectivity index (χ4v) is 4.65. The van der Waals surface area contributed by atoms with E-state index >= 15 is 0 Å². The normalized spacial score (nSPS) is 10.7. The SMILES string of the molecule is Cc1ccc(NC(=O)CSCC(=O)Nc2ccccc2-c2nc3ccccc3s2)cc1. The molecule has 0 aliphatic rings. The second kappa shape index (κ2) is 9.76. The number of thioether (sulfide) groups is 1. The number of rotatable bonds is 7. The van der Waals surface area contributed by atoms with Crippen molar-refractivity contribution in [1.29, 1.82) is 0 Å². The highest BCUT2D eigenvalue weighted by molar-refractivity contribution is 8.00. The van der Waals surface area contributed by atoms with Crippen LogP contribution in [-0.2, 0) is 9.59 Å². The Morgan fingerprint density at radius 1 is 0.871 bits per heavy atom. The Kier molecular flexibility index (Phi) is 6.64. The number of thiazole rings is 1. The molecule has 0 radical (unpaired) electrons. The molecule has 0 saturated carbocycles. The number of nitrogens with zero attached hydrogens (tertiary/aromatic N) is 1. The number of aromatic nitrogens is 1. The summed E-state index contributed by atoms with van der Waals surface area (Å²) >= 11 is 2.87. The van der Waals surface area contributed by atoms with E-state index < -0.39 is 0 Å². The van der Waals surface area contributed by atoms with Gasteiger partial charge < -0.3 is 10.6 Å². The third-order valence-electron chi connectivity index (χ3n) is 4.53. The van der Waals surface area contributed by atoms with Gasteiger partial charge in [0.1, 0.15) is 5.01 Å². The smallest absolute Gasteiger partial charge is 0.234 e. The zero-order chi connectivity index (χ0) is 21.6. The molecule has 0 aliphatic carbocycles. The van der Waals surface area contributed by atoms with Gasteiger partial charge in [0.15, 0.2) is 0 Å². The van der Waals surface area contributed by atoms with Gasteiger partial charge in [-0.1, -0.05) is 42.0 Å². The number of para-hydroxylation sites is 2. The minimum atomic E-state index is -0.151. The van der Waals surface area contributed by atoms with Crippen LogP contribution in [0, 0.1) is 6.92 Å². The molecule has 0 saturated heterocycles. The molecule has 156 valence electrons. The predicted molar refractivity (Wildman–Crippen MR) is 131 cm³/mol. The van der Waals surface area contributed by atoms with Crippen LogP contribution >= 0.6 is 23.1 Å². The van der Waals surface area contributed by atoms with E-state index in [4.69, 9.17) is 4.98 Å². The van der Waals surface area contributed by atoms with Crippen molar-refractivity contribution in [3.8, 4) is 10.6 Å². The van der Waals surface area contributed by atoms with Crippen LogP contribution < -0.4 is 10.6 Å². The summed E-state index contributed by atoms with van der Waals surface area (Å²) in [6.45, 7) is 2.00. The topological polar surface area (TPSA) is 71.1 Å². The lowest BCUT2D eigenvalue weighted by Gasteiger charge is -2.09. The first-order chi connectivity index (χ1) is 15.1. The fourth-order valence-electron chi connectivity index (χ4n) is 3.02. The molecule has 1 heterocycles. The van der Waals surface area contributed by atoms with Crippen molar-refractivity contribution in [2.75, 3.05) is 22.1 Å². The fraction of sp³-hybridized carbons (Fsp3) is 0.125. The highest BCUT2D eigenvalue weighted by Gasteiger charge is 2.13. The van der Waals surface area contributed by atoms with Crippen molar-refractivity contribution in [3.63, 3.8) is 0 Å². The maximum absolute atomic E-state index is 12.5. The van der Waals surface area contributed by atoms with Gasteiger partial charge in [-0.3, -0.25) is 9.59 Å². The first-order valence-electron chi connectivity index (χ1n) is 9.77. The highest BCUT2D eigenvalue weighted by Crippen LogP contribution is 2.34. The van der Waals surface area contributed by atoms with Crippen LogP contribution in [0.4, 0.5) is 11.4 Å². The Balaban J connectivity index is 1.34. The molecule has 31 heavy (non-hydrogen) atoms. The number of carbonyl (C=O) groups excluding carboxylic acids is 2. The quantitative estimate of drug-likeness (QED) is 0.388. The number of aryl methyl sites for hydroxylation is 1. The van der Waals surface area contributed by atoms with Gasteiger partial charge in [-0.2, -0.15) is 0 Å². The maximum atomic E-state index is 12.5. The number of nitrogens with one attached hydrogen (secondary N) is 2. The average Bonchev–Trinajstić information content (AvgIpc) is 3.20. The molecule has 1 aromatic heterocycles. The molecule has 5 nitrogen and oxygen atoms in total. The number of carbonyl (C=O) groups is 2. The van der Waals surface area contributed by atoms with Crippen molar-refractivity contribution in [3.05, 3.63) is 78.4 Å². The second-order valence-electron chi connectivity index (χ2n) is 6.99. The van der Waals surface area contributed by atoms with Crippen molar-refractivity contribution >= 4 is 56.5 Å². The summed E-state index contributed by atoms with van der Waals surface area (Å²) in [7, 11) is 0. The molecule has 0 bridgehead atoms. The van der Waals surface area contributed by atoms with Crippen molar-refractivity contribution in [2.45, 2.75) is 6.92 Å². The molecular formula is C24H21N3O2S2. The van der Waals surface area contributed by atoms with E-state index in [1.54, 1.807) is 11.3 Å². The number of hydrogen-bond donors (Lipinski definition) is 2. The zero-order valence-electron chi connectivity index (χ0n) is 16.9. The Hall–Kier alpha value is -3.16. The summed E-state index contributed by atoms with van der Waals surface area (Å²) in [5, 5.41) is 6.66. The Morgan fingerprint density at radius 3 is 2.32 bits per heavy atom. The summed E-state index contributed by atoms with van der Waals surface area (Å²) in [4.78, 5) is 29.2. The number of fused-ring (bicyclic) bond motifs is 1. The molecule has 4 rings (SSSR count). The predicted octanol–water partition coefficient (Wildman–Crippen LogP) is 5.58. The Bertz CT molecular complexity index is 1190. The van der Waals surface area contributed by atoms with E-state index in [0.717, 1.165) is 37.7 Å². The molecule has 0 atom stereocenters. The Morgan fingerprint density at radius 2 is 1.55 bits per heavy atom. The van der Waals surface area contributed by atoms with Gasteiger partial charge in [0.05, 0.1) is 27.4 Å². The third kappa shape index (κ3) is 5.51. The van der Waals surface area contributed by atoms with Crippen molar-refractivity contribution < 1.29 is 9.59 Å². The van der Waals surface area contributed by atoms with Gasteiger partial charge in [0.2, 0.25) is 11.8 Å². The maximum Gasteiger partial charge on any atom is 0.234 e. The van der Waals surface area contributed by atoms with E-state index in [9.17, 15) is 9.59 Å². The van der Waals surface area contributed by atoms with E-state index in [1.165, 1.54) is 11.8 Å². The molecule has 7 heteroatoms. The molecule has 2 amide bonds. The second-order valence-corrected chi connectivity index (χ2v) is 9.00. The monoisotopic (exact) mass is 447 g/mol. The van der Waals surface area contributed by atoms with Crippen LogP contribution in [0.5, 0.6) is 0 Å². The summed E-state index contributed by atoms with van der Waals surface area (Å²) in [6, 6.07) is 23.2. The zero-order valence-corrected chi connectivity index (χ0v) is 18.6. The van der Waals surface area contributed by atoms with E-state index in [2.05, 4.69) is 10.6 Å². The molecular weight excluding hydrogens is 426 g/mol. The van der Waals surface area contributed by atoms with Gasteiger partial charge in [-0.05, 0) is 43.3 Å². The lowest BCUT2D eigenvalue weighted by Crippen LogP contribution is -2.18. The van der Waals surface area contributed by atoms with Gasteiger partial charge in [-0.25, -0.2) is 4.98 Å². The average molecular weight is 448 g/mol. The van der Waals surface area contributed by atoms with Crippen LogP contribution in [0.1, 0.15) is 5.56 Å². The number of hydrogen-bond acceptors (Lipinski definition) is 5. The highest BCUT2D eigenvalue weighted by atomic mass is 32.2. The molecule has 0 unspecified atom stereocenters. The first kappa shape index (κ1) is 21.1. The lowest BCUT2D eigenvalue weighted by atomic mass is 10.2. The number of benzene rings is 3. The minimum absolute atomic E-state index is 0.128. The van der Waals surface area contributed by atoms with Gasteiger partial charge in [0, 0.05) is 11.3 Å². The third-order valence-corrected chi connectivity index (χ3v) is 6.53. The van der Waals surface area contributed by atoms with E-state index in [-0.39, 0.29) is 23.3 Å². The molecule has 0 spiro atoms. The van der Waals surface area contributed by atoms with Crippen LogP contribution in [-0.4, -0.2) is 28.3 Å². The summed E-state index contributed by atoms with van der Waals surface area (Å²) in [5.41, 5.74) is 4.44. The van der Waals surface area contributed by atoms with Crippen LogP contribution in [0.15, 0.2) is 72.8 Å². The minimum Gasteiger partial charge on any atom is -0.325 e. The lowest BCUT2D eigenvalue weighted by molar-refractivity contribution is -0.114. The van der Waals surface area contributed by atoms with E-state index in [0.29, 0.717) is 0 Å². The molecule has 0 aliphatic heterocycles. The standard InChI is InChI=1S/C24H21N3O2S2/c1-16-10-12-17(13-11-16)25-22(28)14-30-15-23(29)26-19-7-3-2-6-18(19)24-27-20-8-4-5-9-21(20)31-24/h2-13H,14-15H2,1H3,(H,25,28)(H,26,29).